The second-order valence-electron chi connectivity index (χ2n) is 4.98. The summed E-state index contributed by atoms with van der Waals surface area (Å²) in [5.74, 6) is 0.948. The highest BCUT2D eigenvalue weighted by Gasteiger charge is 2.11. The van der Waals surface area contributed by atoms with Crippen molar-refractivity contribution in [1.82, 2.24) is 4.90 Å². The Kier molecular flexibility index (Phi) is 8.19. The van der Waals surface area contributed by atoms with Crippen LogP contribution in [0.2, 0.25) is 0 Å². The molecular weight excluding hydrogens is 316 g/mol. The Morgan fingerprint density at radius 1 is 1.25 bits per heavy atom. The summed E-state index contributed by atoms with van der Waals surface area (Å²) in [4.78, 5) is 2.36. The third kappa shape index (κ3) is 5.43. The molecule has 4 heteroatoms. The quantitative estimate of drug-likeness (QED) is 0.746. The van der Waals surface area contributed by atoms with E-state index in [0.29, 0.717) is 6.61 Å². The monoisotopic (exact) mass is 342 g/mol. The highest BCUT2D eigenvalue weighted by molar-refractivity contribution is 9.10. The van der Waals surface area contributed by atoms with E-state index in [1.165, 1.54) is 5.56 Å². The molecule has 0 bridgehead atoms. The number of hydrogen-bond donors (Lipinski definition) is 1. The number of nitrogens with two attached hydrogens (primary N) is 1. The zero-order valence-corrected chi connectivity index (χ0v) is 14.4. The molecule has 20 heavy (non-hydrogen) atoms. The first-order valence-electron chi connectivity index (χ1n) is 7.50. The number of likely N-dealkylation sites (N-methyl/N-ethyl adjacent to an activating group) is 1. The summed E-state index contributed by atoms with van der Waals surface area (Å²) < 4.78 is 7.02. The third-order valence-electron chi connectivity index (χ3n) is 3.60. The van der Waals surface area contributed by atoms with Crippen LogP contribution >= 0.6 is 15.9 Å². The van der Waals surface area contributed by atoms with E-state index in [-0.39, 0.29) is 6.04 Å². The molecule has 0 fully saturated rings. The normalized spacial score (nSPS) is 12.7. The van der Waals surface area contributed by atoms with Crippen molar-refractivity contribution in [2.45, 2.75) is 39.7 Å². The molecule has 1 aromatic carbocycles. The van der Waals surface area contributed by atoms with Crippen molar-refractivity contribution in [3.63, 3.8) is 0 Å². The summed E-state index contributed by atoms with van der Waals surface area (Å²) in [5, 5.41) is 0. The van der Waals surface area contributed by atoms with Crippen molar-refractivity contribution in [3.05, 3.63) is 28.2 Å². The van der Waals surface area contributed by atoms with Crippen LogP contribution in [-0.4, -0.2) is 37.2 Å². The van der Waals surface area contributed by atoms with E-state index < -0.39 is 0 Å². The minimum atomic E-state index is 0.189. The Balaban J connectivity index is 2.67. The molecule has 114 valence electrons. The van der Waals surface area contributed by atoms with Crippen LogP contribution < -0.4 is 10.5 Å². The highest BCUT2D eigenvalue weighted by atomic mass is 79.9. The van der Waals surface area contributed by atoms with E-state index >= 15 is 0 Å². The predicted molar refractivity (Wildman–Crippen MR) is 89.4 cm³/mol. The first-order chi connectivity index (χ1) is 9.62. The van der Waals surface area contributed by atoms with Crippen molar-refractivity contribution < 1.29 is 4.74 Å². The van der Waals surface area contributed by atoms with Crippen LogP contribution in [-0.2, 0) is 6.42 Å². The van der Waals surface area contributed by atoms with Crippen molar-refractivity contribution in [1.29, 1.82) is 0 Å². The van der Waals surface area contributed by atoms with Gasteiger partial charge in [0, 0.05) is 12.6 Å². The predicted octanol–water partition coefficient (Wildman–Crippen LogP) is 3.45. The summed E-state index contributed by atoms with van der Waals surface area (Å²) in [6.07, 6.45) is 1.84. The first-order valence-corrected chi connectivity index (χ1v) is 8.29. The van der Waals surface area contributed by atoms with Crippen LogP contribution in [0.5, 0.6) is 5.75 Å². The second-order valence-corrected chi connectivity index (χ2v) is 5.83. The lowest BCUT2D eigenvalue weighted by Crippen LogP contribution is -2.28. The lowest BCUT2D eigenvalue weighted by Gasteiger charge is -2.20. The van der Waals surface area contributed by atoms with Gasteiger partial charge < -0.3 is 15.4 Å². The Labute approximate surface area is 131 Å². The number of para-hydroxylation sites is 1. The molecule has 2 N–H and O–H groups in total. The SMILES string of the molecule is CCC(N)Cc1cccc(Br)c1OCCN(CC)CC. The lowest BCUT2D eigenvalue weighted by atomic mass is 10.0. The molecule has 0 heterocycles. The van der Waals surface area contributed by atoms with Gasteiger partial charge >= 0.3 is 0 Å². The molecule has 1 rings (SSSR count). The van der Waals surface area contributed by atoms with Crippen LogP contribution in [0.3, 0.4) is 0 Å². The van der Waals surface area contributed by atoms with Gasteiger partial charge in [0.1, 0.15) is 12.4 Å². The molecule has 0 aliphatic carbocycles. The number of nitrogens with zero attached hydrogens (tertiary/aromatic N) is 1. The summed E-state index contributed by atoms with van der Waals surface area (Å²) in [6, 6.07) is 6.36. The maximum absolute atomic E-state index is 6.06. The van der Waals surface area contributed by atoms with Crippen molar-refractivity contribution >= 4 is 15.9 Å². The molecule has 0 aromatic heterocycles. The largest absolute Gasteiger partial charge is 0.491 e. The summed E-state index contributed by atoms with van der Waals surface area (Å²) in [5.41, 5.74) is 7.25. The van der Waals surface area contributed by atoms with Crippen molar-refractivity contribution in [2.75, 3.05) is 26.2 Å². The fourth-order valence-electron chi connectivity index (χ4n) is 2.12. The molecule has 1 unspecified atom stereocenters. The molecular formula is C16H27BrN2O. The van der Waals surface area contributed by atoms with Crippen LogP contribution in [0.25, 0.3) is 0 Å². The van der Waals surface area contributed by atoms with E-state index in [1.807, 2.05) is 12.1 Å². The van der Waals surface area contributed by atoms with E-state index in [9.17, 15) is 0 Å². The minimum Gasteiger partial charge on any atom is -0.491 e. The summed E-state index contributed by atoms with van der Waals surface area (Å²) in [7, 11) is 0. The van der Waals surface area contributed by atoms with Crippen LogP contribution in [0, 0.1) is 0 Å². The summed E-state index contributed by atoms with van der Waals surface area (Å²) in [6.45, 7) is 10.2. The molecule has 0 saturated heterocycles. The van der Waals surface area contributed by atoms with Gasteiger partial charge in [0.05, 0.1) is 4.47 Å². The molecule has 1 atom stereocenters. The molecule has 1 aromatic rings. The number of hydrogen-bond acceptors (Lipinski definition) is 3. The highest BCUT2D eigenvalue weighted by Crippen LogP contribution is 2.30. The van der Waals surface area contributed by atoms with Gasteiger partial charge in [-0.2, -0.15) is 0 Å². The Hall–Kier alpha value is -0.580. The number of benzene rings is 1. The smallest absolute Gasteiger partial charge is 0.136 e. The molecule has 0 aliphatic heterocycles. The molecule has 3 nitrogen and oxygen atoms in total. The van der Waals surface area contributed by atoms with Gasteiger partial charge in [-0.3, -0.25) is 0 Å². The van der Waals surface area contributed by atoms with Crippen molar-refractivity contribution in [3.8, 4) is 5.75 Å². The average Bonchev–Trinajstić information content (AvgIpc) is 2.46. The molecule has 0 radical (unpaired) electrons. The molecule has 0 saturated carbocycles. The van der Waals surface area contributed by atoms with Gasteiger partial charge in [-0.25, -0.2) is 0 Å². The van der Waals surface area contributed by atoms with Gasteiger partial charge in [-0.1, -0.05) is 32.9 Å². The van der Waals surface area contributed by atoms with Crippen LogP contribution in [0.4, 0.5) is 0 Å². The minimum absolute atomic E-state index is 0.189. The van der Waals surface area contributed by atoms with Gasteiger partial charge in [0.2, 0.25) is 0 Å². The number of ether oxygens (including phenoxy) is 1. The zero-order chi connectivity index (χ0) is 15.0. The molecule has 0 amide bonds. The second kappa shape index (κ2) is 9.37. The average molecular weight is 343 g/mol. The van der Waals surface area contributed by atoms with Crippen LogP contribution in [0.1, 0.15) is 32.8 Å². The fourth-order valence-corrected chi connectivity index (χ4v) is 2.64. The zero-order valence-electron chi connectivity index (χ0n) is 12.9. The Morgan fingerprint density at radius 2 is 1.95 bits per heavy atom. The molecule has 0 aliphatic rings. The maximum atomic E-state index is 6.06. The topological polar surface area (TPSA) is 38.5 Å². The molecule has 0 spiro atoms. The Bertz CT molecular complexity index is 394. The summed E-state index contributed by atoms with van der Waals surface area (Å²) >= 11 is 3.58. The van der Waals surface area contributed by atoms with Gasteiger partial charge in [-0.05, 0) is 53.5 Å². The van der Waals surface area contributed by atoms with Crippen LogP contribution in [0.15, 0.2) is 22.7 Å². The lowest BCUT2D eigenvalue weighted by molar-refractivity contribution is 0.220. The van der Waals surface area contributed by atoms with Gasteiger partial charge in [0.25, 0.3) is 0 Å². The number of halogens is 1. The standard InChI is InChI=1S/C16H27BrN2O/c1-4-14(18)12-13-8-7-9-15(17)16(13)20-11-10-19(5-2)6-3/h7-9,14H,4-6,10-12,18H2,1-3H3. The van der Waals surface area contributed by atoms with E-state index in [0.717, 1.165) is 42.7 Å². The van der Waals surface area contributed by atoms with E-state index in [1.54, 1.807) is 0 Å². The maximum Gasteiger partial charge on any atom is 0.136 e. The van der Waals surface area contributed by atoms with E-state index in [4.69, 9.17) is 10.5 Å². The van der Waals surface area contributed by atoms with Gasteiger partial charge in [-0.15, -0.1) is 0 Å². The Morgan fingerprint density at radius 3 is 2.55 bits per heavy atom. The van der Waals surface area contributed by atoms with Crippen molar-refractivity contribution in [2.24, 2.45) is 5.73 Å². The van der Waals surface area contributed by atoms with E-state index in [2.05, 4.69) is 47.7 Å². The fraction of sp³-hybridized carbons (Fsp3) is 0.625. The van der Waals surface area contributed by atoms with Gasteiger partial charge in [0.15, 0.2) is 0 Å². The third-order valence-corrected chi connectivity index (χ3v) is 4.23. The first kappa shape index (κ1) is 17.5. The number of rotatable bonds is 9.